The van der Waals surface area contributed by atoms with Gasteiger partial charge in [0, 0.05) is 10.9 Å². The molecule has 0 spiro atoms. The Kier molecular flexibility index (Phi) is 8.61. The van der Waals surface area contributed by atoms with Crippen LogP contribution < -0.4 is 5.32 Å². The van der Waals surface area contributed by atoms with Crippen LogP contribution in [0.4, 0.5) is 19.0 Å². The van der Waals surface area contributed by atoms with Crippen LogP contribution in [-0.4, -0.2) is 28.9 Å². The zero-order valence-electron chi connectivity index (χ0n) is 22.8. The van der Waals surface area contributed by atoms with Gasteiger partial charge in [-0.25, -0.2) is 19.3 Å². The molecule has 0 saturated heterocycles. The van der Waals surface area contributed by atoms with Crippen LogP contribution in [0.2, 0.25) is 23.3 Å². The quantitative estimate of drug-likeness (QED) is 0.202. The van der Waals surface area contributed by atoms with Crippen molar-refractivity contribution in [1.82, 2.24) is 15.0 Å². The van der Waals surface area contributed by atoms with Gasteiger partial charge < -0.3 is 9.74 Å². The van der Waals surface area contributed by atoms with Crippen LogP contribution in [0.5, 0.6) is 0 Å². The summed E-state index contributed by atoms with van der Waals surface area (Å²) in [5.74, 6) is -3.61. The van der Waals surface area contributed by atoms with Crippen LogP contribution in [-0.2, 0) is 10.3 Å². The van der Waals surface area contributed by atoms with E-state index in [1.54, 1.807) is 26.8 Å². The van der Waals surface area contributed by atoms with E-state index in [4.69, 9.17) is 16.0 Å². The van der Waals surface area contributed by atoms with E-state index in [2.05, 4.69) is 20.3 Å². The highest BCUT2D eigenvalue weighted by Crippen LogP contribution is 2.46. The first kappa shape index (κ1) is 29.3. The Morgan fingerprint density at radius 1 is 1.05 bits per heavy atom. The zero-order chi connectivity index (χ0) is 27.8. The van der Waals surface area contributed by atoms with Crippen molar-refractivity contribution < 1.29 is 17.6 Å². The predicted octanol–water partition coefficient (Wildman–Crippen LogP) is 8.50. The number of aromatic nitrogens is 3. The molecule has 0 aliphatic heterocycles. The second kappa shape index (κ2) is 10.9. The van der Waals surface area contributed by atoms with Crippen molar-refractivity contribution in [2.45, 2.75) is 91.1 Å². The highest BCUT2D eigenvalue weighted by Gasteiger charge is 2.54. The maximum atomic E-state index is 15.9. The largest absolute Gasteiger partial charge is 0.405 e. The maximum Gasteiger partial charge on any atom is 0.302 e. The van der Waals surface area contributed by atoms with E-state index in [0.717, 1.165) is 6.07 Å². The fraction of sp³-hybridized carbons (Fsp3) is 0.519. The van der Waals surface area contributed by atoms with Crippen LogP contribution >= 0.6 is 11.6 Å². The molecule has 0 saturated carbocycles. The van der Waals surface area contributed by atoms with Crippen LogP contribution in [0.15, 0.2) is 24.3 Å². The van der Waals surface area contributed by atoms with E-state index in [1.165, 1.54) is 26.0 Å². The third kappa shape index (κ3) is 5.63. The van der Waals surface area contributed by atoms with Gasteiger partial charge in [-0.3, -0.25) is 0 Å². The van der Waals surface area contributed by atoms with Crippen LogP contribution in [0.25, 0.3) is 10.9 Å². The summed E-state index contributed by atoms with van der Waals surface area (Å²) in [5, 5.41) is 4.06. The summed E-state index contributed by atoms with van der Waals surface area (Å²) in [6, 6.07) is 7.19. The summed E-state index contributed by atoms with van der Waals surface area (Å²) < 4.78 is 53.9. The number of hydrogen-bond donors (Lipinski definition) is 1. The number of halogens is 4. The van der Waals surface area contributed by atoms with Crippen molar-refractivity contribution in [3.8, 4) is 0 Å². The molecule has 1 N–H and O–H groups in total. The van der Waals surface area contributed by atoms with Gasteiger partial charge in [-0.15, -0.1) is 0 Å². The number of nitrogens with one attached hydrogen (secondary N) is 1. The van der Waals surface area contributed by atoms with Crippen LogP contribution in [0.1, 0.15) is 70.2 Å². The Morgan fingerprint density at radius 2 is 1.68 bits per heavy atom. The molecule has 2 aromatic heterocycles. The average molecular weight is 553 g/mol. The van der Waals surface area contributed by atoms with Crippen molar-refractivity contribution in [2.75, 3.05) is 5.32 Å². The zero-order valence-corrected chi connectivity index (χ0v) is 24.5. The summed E-state index contributed by atoms with van der Waals surface area (Å²) in [7, 11) is -2.39. The summed E-state index contributed by atoms with van der Waals surface area (Å²) in [6.45, 7) is 13.9. The Balaban J connectivity index is 2.01. The smallest absolute Gasteiger partial charge is 0.302 e. The van der Waals surface area contributed by atoms with Gasteiger partial charge in [0.05, 0.1) is 22.8 Å². The highest BCUT2D eigenvalue weighted by atomic mass is 35.5. The third-order valence-electron chi connectivity index (χ3n) is 7.29. The number of rotatable bonds is 10. The highest BCUT2D eigenvalue weighted by molar-refractivity contribution is 6.73. The molecule has 1 aromatic carbocycles. The number of aryl methyl sites for hydroxylation is 2. The van der Waals surface area contributed by atoms with Gasteiger partial charge in [0.15, 0.2) is 8.32 Å². The van der Waals surface area contributed by atoms with Crippen LogP contribution in [0, 0.1) is 19.7 Å². The molecular formula is C27H36ClF3N4OSi. The van der Waals surface area contributed by atoms with Crippen molar-refractivity contribution in [2.24, 2.45) is 0 Å². The second-order valence-corrected chi connectivity index (χ2v) is 15.1. The maximum absolute atomic E-state index is 15.9. The third-order valence-corrected chi connectivity index (χ3v) is 12.3. The summed E-state index contributed by atoms with van der Waals surface area (Å²) in [6.07, 6.45) is 0. The molecule has 0 aliphatic carbocycles. The molecule has 5 nitrogen and oxygen atoms in total. The molecule has 2 heterocycles. The number of pyridine rings is 1. The fourth-order valence-electron chi connectivity index (χ4n) is 4.77. The standard InChI is InChI=1S/C27H36ClF3N4OSi/c1-9-37(10-2,11-3)36-26(7,8)27(30,31)21-14-12-13-19(23(21)29)16(4)33-25-20-15-22(28)32-17(5)24(20)34-18(6)35-25/h12-16H,9-11H2,1-8H3,(H,33,34,35). The topological polar surface area (TPSA) is 59.9 Å². The molecule has 3 aromatic rings. The number of fused-ring (bicyclic) bond motifs is 1. The molecule has 0 radical (unpaired) electrons. The minimum absolute atomic E-state index is 0.0965. The molecule has 3 rings (SSSR count). The van der Waals surface area contributed by atoms with Gasteiger partial charge in [-0.2, -0.15) is 8.78 Å². The molecule has 0 fully saturated rings. The van der Waals surface area contributed by atoms with Gasteiger partial charge in [0.2, 0.25) is 0 Å². The van der Waals surface area contributed by atoms with Crippen molar-refractivity contribution >= 4 is 36.6 Å². The van der Waals surface area contributed by atoms with Gasteiger partial charge in [0.1, 0.15) is 28.2 Å². The molecule has 202 valence electrons. The Morgan fingerprint density at radius 3 is 2.27 bits per heavy atom. The molecule has 0 aliphatic rings. The van der Waals surface area contributed by atoms with Gasteiger partial charge in [-0.05, 0) is 64.9 Å². The number of anilines is 1. The predicted molar refractivity (Wildman–Crippen MR) is 147 cm³/mol. The fourth-order valence-corrected chi connectivity index (χ4v) is 8.15. The lowest BCUT2D eigenvalue weighted by atomic mass is 9.91. The second-order valence-electron chi connectivity index (χ2n) is 10.1. The van der Waals surface area contributed by atoms with Crippen molar-refractivity contribution in [1.29, 1.82) is 0 Å². The van der Waals surface area contributed by atoms with Crippen molar-refractivity contribution in [3.05, 3.63) is 57.9 Å². The Bertz CT molecular complexity index is 1280. The molecule has 0 bridgehead atoms. The molecule has 0 amide bonds. The average Bonchev–Trinajstić information content (AvgIpc) is 2.83. The summed E-state index contributed by atoms with van der Waals surface area (Å²) in [4.78, 5) is 13.1. The monoisotopic (exact) mass is 552 g/mol. The molecule has 1 atom stereocenters. The number of benzene rings is 1. The lowest BCUT2D eigenvalue weighted by Gasteiger charge is -2.42. The first-order valence-electron chi connectivity index (χ1n) is 12.7. The Labute approximate surface area is 223 Å². The normalized spacial score (nSPS) is 13.7. The first-order valence-corrected chi connectivity index (χ1v) is 15.6. The SMILES string of the molecule is CC[Si](CC)(CC)OC(C)(C)C(F)(F)c1cccc(C(C)Nc2nc(C)nc3c(C)nc(Cl)cc23)c1F. The first-order chi connectivity index (χ1) is 17.2. The molecule has 10 heteroatoms. The molecule has 1 unspecified atom stereocenters. The van der Waals surface area contributed by atoms with E-state index in [9.17, 15) is 0 Å². The van der Waals surface area contributed by atoms with Crippen LogP contribution in [0.3, 0.4) is 0 Å². The van der Waals surface area contributed by atoms with E-state index in [0.29, 0.717) is 46.4 Å². The molecule has 37 heavy (non-hydrogen) atoms. The van der Waals surface area contributed by atoms with Gasteiger partial charge in [0.25, 0.3) is 0 Å². The van der Waals surface area contributed by atoms with E-state index < -0.39 is 37.3 Å². The lowest BCUT2D eigenvalue weighted by Crippen LogP contribution is -2.52. The summed E-state index contributed by atoms with van der Waals surface area (Å²) in [5.41, 5.74) is -1.22. The minimum Gasteiger partial charge on any atom is -0.405 e. The van der Waals surface area contributed by atoms with Crippen molar-refractivity contribution in [3.63, 3.8) is 0 Å². The number of alkyl halides is 2. The number of nitrogens with zero attached hydrogens (tertiary/aromatic N) is 3. The van der Waals surface area contributed by atoms with E-state index in [1.807, 2.05) is 20.8 Å². The van der Waals surface area contributed by atoms with Gasteiger partial charge >= 0.3 is 5.92 Å². The number of hydrogen-bond acceptors (Lipinski definition) is 5. The van der Waals surface area contributed by atoms with Gasteiger partial charge in [-0.1, -0.05) is 44.5 Å². The minimum atomic E-state index is -3.56. The lowest BCUT2D eigenvalue weighted by molar-refractivity contribution is -0.161. The molecular weight excluding hydrogens is 517 g/mol. The van der Waals surface area contributed by atoms with E-state index >= 15 is 13.2 Å². The summed E-state index contributed by atoms with van der Waals surface area (Å²) >= 11 is 6.16. The van der Waals surface area contributed by atoms with E-state index in [-0.39, 0.29) is 10.7 Å². The Hall–Kier alpha value is -2.23.